The summed E-state index contributed by atoms with van der Waals surface area (Å²) in [4.78, 5) is 4.08. The van der Waals surface area contributed by atoms with Crippen LogP contribution in [0.3, 0.4) is 0 Å². The Kier molecular flexibility index (Phi) is 4.54. The van der Waals surface area contributed by atoms with Crippen LogP contribution in [0.4, 0.5) is 0 Å². The van der Waals surface area contributed by atoms with Crippen LogP contribution in [0.1, 0.15) is 31.7 Å². The van der Waals surface area contributed by atoms with Gasteiger partial charge in [-0.05, 0) is 30.9 Å². The van der Waals surface area contributed by atoms with Crippen LogP contribution in [0.15, 0.2) is 23.4 Å². The van der Waals surface area contributed by atoms with Crippen molar-refractivity contribution in [1.29, 1.82) is 0 Å². The lowest BCUT2D eigenvalue weighted by atomic mass is 10.3. The highest BCUT2D eigenvalue weighted by molar-refractivity contribution is 7.89. The minimum Gasteiger partial charge on any atom is -0.310 e. The Morgan fingerprint density at radius 3 is 2.68 bits per heavy atom. The molecule has 0 aromatic carbocycles. The van der Waals surface area contributed by atoms with Gasteiger partial charge in [0.15, 0.2) is 5.03 Å². The molecule has 2 rings (SSSR count). The zero-order valence-electron chi connectivity index (χ0n) is 11.5. The molecule has 5 nitrogen and oxygen atoms in total. The molecule has 0 atom stereocenters. The first-order valence-electron chi connectivity index (χ1n) is 6.68. The van der Waals surface area contributed by atoms with Gasteiger partial charge >= 0.3 is 0 Å². The smallest absolute Gasteiger partial charge is 0.260 e. The highest BCUT2D eigenvalue weighted by Gasteiger charge is 2.22. The van der Waals surface area contributed by atoms with Crippen LogP contribution in [-0.2, 0) is 16.6 Å². The molecule has 1 fully saturated rings. The van der Waals surface area contributed by atoms with Gasteiger partial charge in [0, 0.05) is 32.4 Å². The molecule has 1 aromatic rings. The van der Waals surface area contributed by atoms with Crippen molar-refractivity contribution in [2.75, 3.05) is 13.6 Å². The number of nitrogens with zero attached hydrogens (tertiary/aromatic N) is 2. The van der Waals surface area contributed by atoms with Crippen LogP contribution < -0.4 is 5.32 Å². The first kappa shape index (κ1) is 14.4. The second kappa shape index (κ2) is 5.98. The molecule has 0 spiro atoms. The molecule has 6 heteroatoms. The molecule has 0 bridgehead atoms. The monoisotopic (exact) mass is 283 g/mol. The summed E-state index contributed by atoms with van der Waals surface area (Å²) in [6.45, 7) is 3.21. The van der Waals surface area contributed by atoms with Crippen LogP contribution in [0.25, 0.3) is 0 Å². The molecule has 106 valence electrons. The van der Waals surface area contributed by atoms with Gasteiger partial charge in [0.25, 0.3) is 10.0 Å². The fourth-order valence-corrected chi connectivity index (χ4v) is 2.98. The minimum atomic E-state index is -3.44. The van der Waals surface area contributed by atoms with Crippen molar-refractivity contribution in [2.24, 2.45) is 0 Å². The van der Waals surface area contributed by atoms with E-state index in [1.165, 1.54) is 17.1 Å². The molecule has 1 saturated carbocycles. The average molecular weight is 283 g/mol. The summed E-state index contributed by atoms with van der Waals surface area (Å²) in [6.07, 6.45) is 4.91. The molecular formula is C13H21N3O2S. The fourth-order valence-electron chi connectivity index (χ4n) is 1.81. The average Bonchev–Trinajstić information content (AvgIpc) is 3.21. The Hall–Kier alpha value is -0.980. The van der Waals surface area contributed by atoms with Crippen LogP contribution in [0.2, 0.25) is 0 Å². The summed E-state index contributed by atoms with van der Waals surface area (Å²) in [7, 11) is -1.85. The molecule has 1 aliphatic carbocycles. The predicted octanol–water partition coefficient (Wildman–Crippen LogP) is 1.36. The molecule has 1 N–H and O–H groups in total. The van der Waals surface area contributed by atoms with Gasteiger partial charge in [0.05, 0.1) is 0 Å². The number of nitrogens with one attached hydrogen (secondary N) is 1. The molecule has 0 amide bonds. The number of hydrogen-bond acceptors (Lipinski definition) is 4. The number of aromatic nitrogens is 1. The third kappa shape index (κ3) is 3.75. The Labute approximate surface area is 115 Å². The first-order valence-corrected chi connectivity index (χ1v) is 8.12. The van der Waals surface area contributed by atoms with Crippen molar-refractivity contribution in [3.05, 3.63) is 23.9 Å². The van der Waals surface area contributed by atoms with Crippen LogP contribution in [0, 0.1) is 0 Å². The van der Waals surface area contributed by atoms with Crippen LogP contribution >= 0.6 is 0 Å². The van der Waals surface area contributed by atoms with E-state index in [0.717, 1.165) is 18.5 Å². The number of sulfonamides is 1. The van der Waals surface area contributed by atoms with E-state index in [1.54, 1.807) is 19.3 Å². The van der Waals surface area contributed by atoms with E-state index in [9.17, 15) is 8.42 Å². The van der Waals surface area contributed by atoms with E-state index >= 15 is 0 Å². The van der Waals surface area contributed by atoms with Gasteiger partial charge in [0.1, 0.15) is 0 Å². The molecule has 0 unspecified atom stereocenters. The SMILES string of the molecule is CCCN(C)S(=O)(=O)c1ccc(CNC2CC2)cn1. The summed E-state index contributed by atoms with van der Waals surface area (Å²) in [6, 6.07) is 4.06. The quantitative estimate of drug-likeness (QED) is 0.821. The van der Waals surface area contributed by atoms with E-state index in [2.05, 4.69) is 10.3 Å². The third-order valence-corrected chi connectivity index (χ3v) is 4.96. The highest BCUT2D eigenvalue weighted by atomic mass is 32.2. The fraction of sp³-hybridized carbons (Fsp3) is 0.615. The van der Waals surface area contributed by atoms with E-state index < -0.39 is 10.0 Å². The highest BCUT2D eigenvalue weighted by Crippen LogP contribution is 2.19. The summed E-state index contributed by atoms with van der Waals surface area (Å²) >= 11 is 0. The maximum absolute atomic E-state index is 12.2. The van der Waals surface area contributed by atoms with E-state index in [4.69, 9.17) is 0 Å². The molecule has 1 heterocycles. The van der Waals surface area contributed by atoms with Gasteiger partial charge in [-0.3, -0.25) is 0 Å². The predicted molar refractivity (Wildman–Crippen MR) is 74.2 cm³/mol. The molecule has 0 radical (unpaired) electrons. The van der Waals surface area contributed by atoms with Crippen molar-refractivity contribution in [1.82, 2.24) is 14.6 Å². The van der Waals surface area contributed by atoms with Gasteiger partial charge in [-0.1, -0.05) is 13.0 Å². The molecular weight excluding hydrogens is 262 g/mol. The maximum Gasteiger partial charge on any atom is 0.260 e. The molecule has 1 aliphatic rings. The second-order valence-electron chi connectivity index (χ2n) is 4.99. The van der Waals surface area contributed by atoms with Gasteiger partial charge in [-0.15, -0.1) is 0 Å². The summed E-state index contributed by atoms with van der Waals surface area (Å²) in [5, 5.41) is 3.50. The lowest BCUT2D eigenvalue weighted by Crippen LogP contribution is -2.28. The Morgan fingerprint density at radius 1 is 1.42 bits per heavy atom. The van der Waals surface area contributed by atoms with E-state index in [-0.39, 0.29) is 5.03 Å². The van der Waals surface area contributed by atoms with Crippen molar-refractivity contribution < 1.29 is 8.42 Å². The normalized spacial score (nSPS) is 15.9. The lowest BCUT2D eigenvalue weighted by Gasteiger charge is -2.15. The Morgan fingerprint density at radius 2 is 2.16 bits per heavy atom. The zero-order chi connectivity index (χ0) is 13.9. The van der Waals surface area contributed by atoms with Crippen molar-refractivity contribution in [3.8, 4) is 0 Å². The number of pyridine rings is 1. The second-order valence-corrected chi connectivity index (χ2v) is 6.98. The van der Waals surface area contributed by atoms with Crippen molar-refractivity contribution >= 4 is 10.0 Å². The van der Waals surface area contributed by atoms with Crippen molar-refractivity contribution in [3.63, 3.8) is 0 Å². The number of hydrogen-bond donors (Lipinski definition) is 1. The van der Waals surface area contributed by atoms with Gasteiger partial charge in [-0.25, -0.2) is 13.4 Å². The molecule has 0 aliphatic heterocycles. The van der Waals surface area contributed by atoms with Crippen LogP contribution in [0.5, 0.6) is 0 Å². The lowest BCUT2D eigenvalue weighted by molar-refractivity contribution is 0.465. The molecule has 19 heavy (non-hydrogen) atoms. The van der Waals surface area contributed by atoms with Gasteiger partial charge < -0.3 is 5.32 Å². The Bertz CT molecular complexity index is 509. The standard InChI is InChI=1S/C13H21N3O2S/c1-3-8-16(2)19(17,18)13-7-4-11(10-15-13)9-14-12-5-6-12/h4,7,10,12,14H,3,5-6,8-9H2,1-2H3. The molecule has 0 saturated heterocycles. The minimum absolute atomic E-state index is 0.124. The molecule has 1 aromatic heterocycles. The first-order chi connectivity index (χ1) is 9.04. The third-order valence-electron chi connectivity index (χ3n) is 3.18. The van der Waals surface area contributed by atoms with Crippen molar-refractivity contribution in [2.45, 2.75) is 43.8 Å². The zero-order valence-corrected chi connectivity index (χ0v) is 12.3. The van der Waals surface area contributed by atoms with Gasteiger partial charge in [-0.2, -0.15) is 4.31 Å². The van der Waals surface area contributed by atoms with Gasteiger partial charge in [0.2, 0.25) is 0 Å². The largest absolute Gasteiger partial charge is 0.310 e. The summed E-state index contributed by atoms with van der Waals surface area (Å²) in [5.74, 6) is 0. The van der Waals surface area contributed by atoms with Crippen LogP contribution in [-0.4, -0.2) is 37.3 Å². The maximum atomic E-state index is 12.2. The van der Waals surface area contributed by atoms with E-state index in [1.807, 2.05) is 13.0 Å². The topological polar surface area (TPSA) is 62.3 Å². The summed E-state index contributed by atoms with van der Waals surface area (Å²) < 4.78 is 25.7. The van der Waals surface area contributed by atoms with E-state index in [0.29, 0.717) is 12.6 Å². The number of rotatable bonds is 7. The summed E-state index contributed by atoms with van der Waals surface area (Å²) in [5.41, 5.74) is 1.02. The Balaban J connectivity index is 2.03.